The van der Waals surface area contributed by atoms with Crippen LogP contribution in [0.1, 0.15) is 22.6 Å². The highest BCUT2D eigenvalue weighted by Crippen LogP contribution is 2.08. The number of carbonyl (C=O) groups is 2. The Morgan fingerprint density at radius 2 is 2.29 bits per heavy atom. The maximum absolute atomic E-state index is 12.2. The fourth-order valence-corrected chi connectivity index (χ4v) is 1.95. The van der Waals surface area contributed by atoms with Crippen molar-refractivity contribution >= 4 is 11.8 Å². The number of amides is 2. The zero-order valence-corrected chi connectivity index (χ0v) is 10.1. The van der Waals surface area contributed by atoms with Gasteiger partial charge in [-0.25, -0.2) is 0 Å². The lowest BCUT2D eigenvalue weighted by Crippen LogP contribution is -2.38. The van der Waals surface area contributed by atoms with E-state index in [1.807, 2.05) is 6.92 Å². The maximum Gasteiger partial charge on any atom is 0.272 e. The number of nitrogens with one attached hydrogen (secondary N) is 1. The van der Waals surface area contributed by atoms with Gasteiger partial charge in [0.15, 0.2) is 0 Å². The van der Waals surface area contributed by atoms with Crippen LogP contribution >= 0.6 is 0 Å². The lowest BCUT2D eigenvalue weighted by Gasteiger charge is -2.18. The second-order valence-corrected chi connectivity index (χ2v) is 4.22. The minimum absolute atomic E-state index is 0.102. The van der Waals surface area contributed by atoms with E-state index in [0.29, 0.717) is 18.8 Å². The molecule has 0 radical (unpaired) electrons. The van der Waals surface area contributed by atoms with Gasteiger partial charge in [0.05, 0.1) is 12.2 Å². The third-order valence-electron chi connectivity index (χ3n) is 2.77. The average molecular weight is 236 g/mol. The van der Waals surface area contributed by atoms with E-state index in [-0.39, 0.29) is 18.4 Å². The Hall–Kier alpha value is -1.85. The molecule has 0 saturated carbocycles. The highest BCUT2D eigenvalue weighted by Gasteiger charge is 2.23. The molecule has 0 spiro atoms. The monoisotopic (exact) mass is 236 g/mol. The predicted octanol–water partition coefficient (Wildman–Crippen LogP) is -0.309. The van der Waals surface area contributed by atoms with Gasteiger partial charge in [-0.15, -0.1) is 0 Å². The number of rotatable bonds is 1. The SMILES string of the molecule is Cc1cc(C(=O)N2CCCNC(=O)C2)n(C)n1. The second kappa shape index (κ2) is 4.57. The zero-order valence-electron chi connectivity index (χ0n) is 10.1. The molecular formula is C11H16N4O2. The average Bonchev–Trinajstić information content (AvgIpc) is 2.49. The van der Waals surface area contributed by atoms with Crippen LogP contribution in [0.25, 0.3) is 0 Å². The van der Waals surface area contributed by atoms with Crippen LogP contribution in [-0.2, 0) is 11.8 Å². The fraction of sp³-hybridized carbons (Fsp3) is 0.545. The fourth-order valence-electron chi connectivity index (χ4n) is 1.95. The molecule has 1 N–H and O–H groups in total. The molecule has 1 saturated heterocycles. The van der Waals surface area contributed by atoms with Crippen LogP contribution in [0.5, 0.6) is 0 Å². The molecule has 6 nitrogen and oxygen atoms in total. The summed E-state index contributed by atoms with van der Waals surface area (Å²) in [6, 6.07) is 1.74. The number of aryl methyl sites for hydroxylation is 2. The molecule has 1 fully saturated rings. The normalized spacial score (nSPS) is 16.6. The van der Waals surface area contributed by atoms with E-state index >= 15 is 0 Å². The van der Waals surface area contributed by atoms with E-state index in [9.17, 15) is 9.59 Å². The van der Waals surface area contributed by atoms with Gasteiger partial charge in [0.1, 0.15) is 5.69 Å². The summed E-state index contributed by atoms with van der Waals surface area (Å²) >= 11 is 0. The number of carbonyl (C=O) groups excluding carboxylic acids is 2. The minimum Gasteiger partial charge on any atom is -0.354 e. The highest BCUT2D eigenvalue weighted by molar-refractivity contribution is 5.95. The van der Waals surface area contributed by atoms with E-state index < -0.39 is 0 Å². The lowest BCUT2D eigenvalue weighted by atomic mass is 10.3. The second-order valence-electron chi connectivity index (χ2n) is 4.22. The first-order valence-electron chi connectivity index (χ1n) is 5.64. The first-order chi connectivity index (χ1) is 8.08. The van der Waals surface area contributed by atoms with Crippen molar-refractivity contribution in [3.63, 3.8) is 0 Å². The number of hydrogen-bond donors (Lipinski definition) is 1. The molecule has 1 aliphatic rings. The Labute approximate surface area is 99.6 Å². The van der Waals surface area contributed by atoms with Gasteiger partial charge in [-0.3, -0.25) is 14.3 Å². The predicted molar refractivity (Wildman–Crippen MR) is 61.5 cm³/mol. The van der Waals surface area contributed by atoms with Gasteiger partial charge in [-0.05, 0) is 19.4 Å². The Morgan fingerprint density at radius 1 is 1.53 bits per heavy atom. The van der Waals surface area contributed by atoms with Crippen molar-refractivity contribution in [1.82, 2.24) is 20.0 Å². The Bertz CT molecular complexity index is 452. The molecule has 0 atom stereocenters. The van der Waals surface area contributed by atoms with Crippen molar-refractivity contribution in [2.45, 2.75) is 13.3 Å². The summed E-state index contributed by atoms with van der Waals surface area (Å²) in [6.45, 7) is 3.20. The summed E-state index contributed by atoms with van der Waals surface area (Å²) in [5.74, 6) is -0.236. The molecule has 0 aromatic carbocycles. The third-order valence-corrected chi connectivity index (χ3v) is 2.77. The molecule has 17 heavy (non-hydrogen) atoms. The van der Waals surface area contributed by atoms with Crippen molar-refractivity contribution in [3.8, 4) is 0 Å². The van der Waals surface area contributed by atoms with Gasteiger partial charge in [0.2, 0.25) is 5.91 Å². The van der Waals surface area contributed by atoms with Crippen LogP contribution < -0.4 is 5.32 Å². The van der Waals surface area contributed by atoms with Crippen molar-refractivity contribution in [2.24, 2.45) is 7.05 Å². The summed E-state index contributed by atoms with van der Waals surface area (Å²) in [5, 5.41) is 6.88. The molecule has 0 aliphatic carbocycles. The molecule has 6 heteroatoms. The molecule has 1 aliphatic heterocycles. The van der Waals surface area contributed by atoms with Crippen LogP contribution in [0.4, 0.5) is 0 Å². The standard InChI is InChI=1S/C11H16N4O2/c1-8-6-9(14(2)13-8)11(17)15-5-3-4-12-10(16)7-15/h6H,3-5,7H2,1-2H3,(H,12,16). The van der Waals surface area contributed by atoms with Crippen LogP contribution in [0.3, 0.4) is 0 Å². The van der Waals surface area contributed by atoms with E-state index in [4.69, 9.17) is 0 Å². The summed E-state index contributed by atoms with van der Waals surface area (Å²) in [6.07, 6.45) is 0.786. The first kappa shape index (κ1) is 11.6. The Kier molecular flexibility index (Phi) is 3.12. The van der Waals surface area contributed by atoms with Gasteiger partial charge < -0.3 is 10.2 Å². The third kappa shape index (κ3) is 2.46. The van der Waals surface area contributed by atoms with Crippen molar-refractivity contribution in [3.05, 3.63) is 17.5 Å². The molecular weight excluding hydrogens is 220 g/mol. The minimum atomic E-state index is -0.134. The van der Waals surface area contributed by atoms with Crippen molar-refractivity contribution < 1.29 is 9.59 Å². The summed E-state index contributed by atoms with van der Waals surface area (Å²) in [7, 11) is 1.73. The van der Waals surface area contributed by atoms with Crippen LogP contribution in [0.2, 0.25) is 0 Å². The summed E-state index contributed by atoms with van der Waals surface area (Å²) < 4.78 is 1.56. The zero-order chi connectivity index (χ0) is 12.4. The molecule has 2 amide bonds. The molecule has 92 valence electrons. The van der Waals surface area contributed by atoms with Crippen molar-refractivity contribution in [1.29, 1.82) is 0 Å². The van der Waals surface area contributed by atoms with Gasteiger partial charge in [-0.2, -0.15) is 5.10 Å². The number of hydrogen-bond acceptors (Lipinski definition) is 3. The molecule has 0 bridgehead atoms. The van der Waals surface area contributed by atoms with Gasteiger partial charge >= 0.3 is 0 Å². The lowest BCUT2D eigenvalue weighted by molar-refractivity contribution is -0.121. The molecule has 1 aromatic rings. The largest absolute Gasteiger partial charge is 0.354 e. The molecule has 2 rings (SSSR count). The molecule has 1 aromatic heterocycles. The molecule has 0 unspecified atom stereocenters. The van der Waals surface area contributed by atoms with Crippen LogP contribution in [0.15, 0.2) is 6.07 Å². The summed E-state index contributed by atoms with van der Waals surface area (Å²) in [5.41, 5.74) is 1.33. The topological polar surface area (TPSA) is 67.2 Å². The first-order valence-corrected chi connectivity index (χ1v) is 5.64. The van der Waals surface area contributed by atoms with Crippen molar-refractivity contribution in [2.75, 3.05) is 19.6 Å². The van der Waals surface area contributed by atoms with E-state index in [2.05, 4.69) is 10.4 Å². The maximum atomic E-state index is 12.2. The van der Waals surface area contributed by atoms with Crippen LogP contribution in [-0.4, -0.2) is 46.1 Å². The number of aromatic nitrogens is 2. The Balaban J connectivity index is 2.18. The summed E-state index contributed by atoms with van der Waals surface area (Å²) in [4.78, 5) is 25.2. The molecule has 2 heterocycles. The number of nitrogens with zero attached hydrogens (tertiary/aromatic N) is 3. The van der Waals surface area contributed by atoms with E-state index in [0.717, 1.165) is 12.1 Å². The quantitative estimate of drug-likeness (QED) is 0.727. The van der Waals surface area contributed by atoms with Gasteiger partial charge in [0.25, 0.3) is 5.91 Å². The van der Waals surface area contributed by atoms with Crippen LogP contribution in [0, 0.1) is 6.92 Å². The van der Waals surface area contributed by atoms with E-state index in [1.165, 1.54) is 0 Å². The smallest absolute Gasteiger partial charge is 0.272 e. The van der Waals surface area contributed by atoms with Gasteiger partial charge in [0, 0.05) is 20.1 Å². The van der Waals surface area contributed by atoms with Gasteiger partial charge in [-0.1, -0.05) is 0 Å². The van der Waals surface area contributed by atoms with E-state index in [1.54, 1.807) is 22.7 Å². The highest BCUT2D eigenvalue weighted by atomic mass is 16.2. The Morgan fingerprint density at radius 3 is 2.94 bits per heavy atom.